The van der Waals surface area contributed by atoms with Crippen molar-refractivity contribution in [2.24, 2.45) is 17.4 Å². The highest BCUT2D eigenvalue weighted by molar-refractivity contribution is 7.89. The lowest BCUT2D eigenvalue weighted by atomic mass is 9.82. The monoisotopic (exact) mass is 535 g/mol. The summed E-state index contributed by atoms with van der Waals surface area (Å²) in [5, 5.41) is 9.24. The van der Waals surface area contributed by atoms with Gasteiger partial charge in [-0.2, -0.15) is 4.91 Å². The summed E-state index contributed by atoms with van der Waals surface area (Å²) < 4.78 is 24.6. The fraction of sp³-hybridized carbons (Fsp3) is 0.179. The van der Waals surface area contributed by atoms with Crippen LogP contribution in [0.3, 0.4) is 0 Å². The number of halogens is 1. The predicted octanol–water partition coefficient (Wildman–Crippen LogP) is 5.69. The van der Waals surface area contributed by atoms with Gasteiger partial charge in [-0.05, 0) is 77.1 Å². The Morgan fingerprint density at radius 3 is 2.05 bits per heavy atom. The second kappa shape index (κ2) is 10.8. The number of nitrogens with zero attached hydrogens (tertiary/aromatic N) is 2. The summed E-state index contributed by atoms with van der Waals surface area (Å²) in [5.41, 5.74) is 5.24. The molecule has 0 saturated heterocycles. The number of benzene rings is 3. The van der Waals surface area contributed by atoms with Gasteiger partial charge in [-0.3, -0.25) is 4.79 Å². The topological polar surface area (TPSA) is 112 Å². The van der Waals surface area contributed by atoms with Gasteiger partial charge in [0.2, 0.25) is 15.6 Å². The third kappa shape index (κ3) is 6.05. The highest BCUT2D eigenvalue weighted by atomic mass is 35.5. The largest absolute Gasteiger partial charge is 0.318 e. The van der Waals surface area contributed by atoms with E-state index in [2.05, 4.69) is 5.18 Å². The Morgan fingerprint density at radius 1 is 0.919 bits per heavy atom. The van der Waals surface area contributed by atoms with Crippen molar-refractivity contribution in [1.82, 2.24) is 4.57 Å². The zero-order valence-corrected chi connectivity index (χ0v) is 21.9. The van der Waals surface area contributed by atoms with Crippen LogP contribution in [0.1, 0.15) is 40.6 Å². The van der Waals surface area contributed by atoms with Crippen molar-refractivity contribution >= 4 is 21.6 Å². The van der Waals surface area contributed by atoms with Gasteiger partial charge >= 0.3 is 0 Å². The molecule has 7 nitrogen and oxygen atoms in total. The Hall–Kier alpha value is -3.59. The van der Waals surface area contributed by atoms with Crippen LogP contribution in [-0.2, 0) is 17.1 Å². The van der Waals surface area contributed by atoms with Crippen molar-refractivity contribution < 1.29 is 8.42 Å². The summed E-state index contributed by atoms with van der Waals surface area (Å²) in [6, 6.07) is 22.4. The molecule has 0 fully saturated rings. The number of primary sulfonamides is 1. The number of rotatable bonds is 8. The smallest absolute Gasteiger partial charge is 0.250 e. The number of aromatic nitrogens is 1. The number of hydrogen-bond acceptors (Lipinski definition) is 5. The van der Waals surface area contributed by atoms with E-state index >= 15 is 0 Å². The van der Waals surface area contributed by atoms with Crippen molar-refractivity contribution in [2.45, 2.75) is 30.2 Å². The van der Waals surface area contributed by atoms with Gasteiger partial charge in [-0.15, -0.1) is 0 Å². The van der Waals surface area contributed by atoms with Crippen LogP contribution in [0, 0.1) is 11.8 Å². The second-order valence-electron chi connectivity index (χ2n) is 9.01. The van der Waals surface area contributed by atoms with Gasteiger partial charge in [-0.1, -0.05) is 59.2 Å². The van der Waals surface area contributed by atoms with E-state index in [-0.39, 0.29) is 16.4 Å². The number of pyridine rings is 1. The Labute approximate surface area is 220 Å². The molecule has 1 heterocycles. The number of aryl methyl sites for hydroxylation is 2. The molecule has 0 aliphatic carbocycles. The van der Waals surface area contributed by atoms with Crippen LogP contribution < -0.4 is 10.7 Å². The quantitative estimate of drug-likeness (QED) is 0.292. The molecule has 2 atom stereocenters. The molecule has 3 aromatic carbocycles. The molecule has 4 rings (SSSR count). The van der Waals surface area contributed by atoms with E-state index in [1.165, 1.54) is 22.8 Å². The van der Waals surface area contributed by atoms with Crippen LogP contribution in [0.25, 0.3) is 11.1 Å². The lowest BCUT2D eigenvalue weighted by Gasteiger charge is -2.23. The zero-order valence-electron chi connectivity index (χ0n) is 20.3. The second-order valence-corrected chi connectivity index (χ2v) is 11.0. The molecular formula is C28H26ClN3O4S. The van der Waals surface area contributed by atoms with E-state index < -0.39 is 16.1 Å². The average molecular weight is 536 g/mol. The van der Waals surface area contributed by atoms with Crippen molar-refractivity contribution in [3.8, 4) is 11.1 Å². The molecule has 0 bridgehead atoms. The fourth-order valence-electron chi connectivity index (χ4n) is 4.49. The minimum Gasteiger partial charge on any atom is -0.318 e. The van der Waals surface area contributed by atoms with Crippen molar-refractivity contribution in [2.75, 3.05) is 0 Å². The van der Waals surface area contributed by atoms with Crippen molar-refractivity contribution in [1.29, 1.82) is 0 Å². The molecule has 4 aromatic rings. The van der Waals surface area contributed by atoms with E-state index in [0.717, 1.165) is 27.8 Å². The van der Waals surface area contributed by atoms with Gasteiger partial charge in [0.15, 0.2) is 0 Å². The molecule has 0 amide bonds. The van der Waals surface area contributed by atoms with Crippen LogP contribution in [0.2, 0.25) is 5.02 Å². The van der Waals surface area contributed by atoms with Gasteiger partial charge in [-0.25, -0.2) is 13.6 Å². The highest BCUT2D eigenvalue weighted by Gasteiger charge is 2.24. The molecule has 0 aliphatic heterocycles. The van der Waals surface area contributed by atoms with E-state index in [0.29, 0.717) is 17.0 Å². The van der Waals surface area contributed by atoms with Gasteiger partial charge in [0.05, 0.1) is 4.90 Å². The molecule has 37 heavy (non-hydrogen) atoms. The maximum absolute atomic E-state index is 12.0. The summed E-state index contributed by atoms with van der Waals surface area (Å²) >= 11 is 6.21. The number of hydrogen-bond donors (Lipinski definition) is 1. The molecule has 190 valence electrons. The first-order valence-electron chi connectivity index (χ1n) is 11.5. The van der Waals surface area contributed by atoms with Crippen LogP contribution >= 0.6 is 11.6 Å². The van der Waals surface area contributed by atoms with Crippen molar-refractivity contribution in [3.63, 3.8) is 0 Å². The molecule has 1 unspecified atom stereocenters. The molecule has 0 spiro atoms. The molecule has 0 saturated carbocycles. The normalized spacial score (nSPS) is 13.2. The first-order valence-corrected chi connectivity index (χ1v) is 13.5. The number of sulfonamides is 1. The summed E-state index contributed by atoms with van der Waals surface area (Å²) in [5.74, 6) is -0.170. The summed E-state index contributed by atoms with van der Waals surface area (Å²) in [4.78, 5) is 23.9. The van der Waals surface area contributed by atoms with Crippen LogP contribution in [-0.4, -0.2) is 13.0 Å². The van der Waals surface area contributed by atoms with E-state index in [4.69, 9.17) is 16.7 Å². The van der Waals surface area contributed by atoms with Gasteiger partial charge in [0, 0.05) is 30.3 Å². The Kier molecular flexibility index (Phi) is 7.73. The zero-order chi connectivity index (χ0) is 26.7. The third-order valence-electron chi connectivity index (χ3n) is 6.52. The maximum Gasteiger partial charge on any atom is 0.250 e. The van der Waals surface area contributed by atoms with E-state index in [1.54, 1.807) is 31.4 Å². The molecule has 0 radical (unpaired) electrons. The predicted molar refractivity (Wildman–Crippen MR) is 146 cm³/mol. The summed E-state index contributed by atoms with van der Waals surface area (Å²) in [7, 11) is -2.12. The van der Waals surface area contributed by atoms with Crippen LogP contribution in [0.5, 0.6) is 0 Å². The Balaban J connectivity index is 1.71. The number of nitroso groups, excluding NO2 is 1. The highest BCUT2D eigenvalue weighted by Crippen LogP contribution is 2.38. The molecule has 2 N–H and O–H groups in total. The first kappa shape index (κ1) is 26.5. The lowest BCUT2D eigenvalue weighted by Crippen LogP contribution is -2.16. The lowest BCUT2D eigenvalue weighted by molar-refractivity contribution is 0.587. The van der Waals surface area contributed by atoms with E-state index in [1.807, 2.05) is 49.4 Å². The average Bonchev–Trinajstić information content (AvgIpc) is 2.87. The van der Waals surface area contributed by atoms with Gasteiger partial charge in [0.25, 0.3) is 0 Å². The molecule has 0 aliphatic rings. The molecule has 1 aromatic heterocycles. The van der Waals surface area contributed by atoms with Crippen molar-refractivity contribution in [3.05, 3.63) is 128 Å². The number of nitrogens with two attached hydrogens (primary N) is 1. The minimum atomic E-state index is -3.76. The summed E-state index contributed by atoms with van der Waals surface area (Å²) in [6.07, 6.45) is 2.04. The minimum absolute atomic E-state index is 0.0527. The van der Waals surface area contributed by atoms with Gasteiger partial charge in [0.1, 0.15) is 6.04 Å². The fourth-order valence-corrected chi connectivity index (χ4v) is 5.24. The van der Waals surface area contributed by atoms with Crippen LogP contribution in [0.15, 0.2) is 99.9 Å². The maximum atomic E-state index is 12.0. The SMILES string of the molecule is Cc1cc(Cl)ccc1[C@@H](CC(N=O)c1ccc(=O)n(C)c1)c1ccc(-c2ccc(S(N)(=O)=O)cc2)cc1. The first-order chi connectivity index (χ1) is 17.6. The van der Waals surface area contributed by atoms with Crippen LogP contribution in [0.4, 0.5) is 0 Å². The Bertz CT molecular complexity index is 1600. The molecule has 9 heteroatoms. The van der Waals surface area contributed by atoms with Gasteiger partial charge < -0.3 is 4.57 Å². The third-order valence-corrected chi connectivity index (χ3v) is 7.68. The standard InChI is InChI=1S/C28H26ClN3O4S/c1-18-15-23(29)10-13-25(18)26(16-27(31-34)22-9-14-28(33)32(2)17-22)21-5-3-19(4-6-21)20-7-11-24(12-8-20)37(30,35)36/h3-15,17,26-27H,16H2,1-2H3,(H2,30,35,36)/t26-,27?/m0/s1. The summed E-state index contributed by atoms with van der Waals surface area (Å²) in [6.45, 7) is 1.98. The van der Waals surface area contributed by atoms with E-state index in [9.17, 15) is 18.1 Å². The Morgan fingerprint density at radius 2 is 1.51 bits per heavy atom. The molecular weight excluding hydrogens is 510 g/mol.